The minimum Gasteiger partial charge on any atom is -0.294 e. The van der Waals surface area contributed by atoms with Crippen LogP contribution in [0.3, 0.4) is 0 Å². The summed E-state index contributed by atoms with van der Waals surface area (Å²) in [6.45, 7) is 1.84. The predicted octanol–water partition coefficient (Wildman–Crippen LogP) is 5.12. The van der Waals surface area contributed by atoms with Crippen molar-refractivity contribution in [2.75, 3.05) is 0 Å². The van der Waals surface area contributed by atoms with Gasteiger partial charge in [-0.1, -0.05) is 23.7 Å². The van der Waals surface area contributed by atoms with Crippen molar-refractivity contribution in [1.82, 2.24) is 9.55 Å². The summed E-state index contributed by atoms with van der Waals surface area (Å²) >= 11 is 12.4. The zero-order valence-corrected chi connectivity index (χ0v) is 12.2. The smallest absolute Gasteiger partial charge is 0.132 e. The van der Waals surface area contributed by atoms with Crippen LogP contribution in [0.2, 0.25) is 5.02 Å². The SMILES string of the molecule is CC(Cl)c1nc2ccccc2n1-c1ccc(F)cc1Cl. The average Bonchev–Trinajstić information content (AvgIpc) is 2.78. The Morgan fingerprint density at radius 1 is 1.20 bits per heavy atom. The average molecular weight is 309 g/mol. The van der Waals surface area contributed by atoms with Gasteiger partial charge in [-0.25, -0.2) is 9.37 Å². The fraction of sp³-hybridized carbons (Fsp3) is 0.133. The normalized spacial score (nSPS) is 12.8. The van der Waals surface area contributed by atoms with Gasteiger partial charge in [-0.2, -0.15) is 0 Å². The van der Waals surface area contributed by atoms with Crippen LogP contribution < -0.4 is 0 Å². The van der Waals surface area contributed by atoms with Gasteiger partial charge in [0.25, 0.3) is 0 Å². The van der Waals surface area contributed by atoms with Crippen LogP contribution in [0.5, 0.6) is 0 Å². The predicted molar refractivity (Wildman–Crippen MR) is 80.3 cm³/mol. The molecule has 0 aliphatic rings. The van der Waals surface area contributed by atoms with E-state index in [9.17, 15) is 4.39 Å². The Kier molecular flexibility index (Phi) is 3.40. The Hall–Kier alpha value is -1.58. The lowest BCUT2D eigenvalue weighted by molar-refractivity contribution is 0.627. The monoisotopic (exact) mass is 308 g/mol. The molecule has 2 aromatic carbocycles. The third kappa shape index (κ3) is 2.17. The maximum atomic E-state index is 13.2. The van der Waals surface area contributed by atoms with Gasteiger partial charge in [0.15, 0.2) is 0 Å². The summed E-state index contributed by atoms with van der Waals surface area (Å²) in [6.07, 6.45) is 0. The molecule has 0 bridgehead atoms. The number of imidazole rings is 1. The first kappa shape index (κ1) is 13.4. The molecule has 0 saturated carbocycles. The van der Waals surface area contributed by atoms with Crippen LogP contribution >= 0.6 is 23.2 Å². The highest BCUT2D eigenvalue weighted by Crippen LogP contribution is 2.31. The van der Waals surface area contributed by atoms with Crippen molar-refractivity contribution in [2.45, 2.75) is 12.3 Å². The van der Waals surface area contributed by atoms with Gasteiger partial charge in [0, 0.05) is 0 Å². The molecule has 1 atom stereocenters. The lowest BCUT2D eigenvalue weighted by Crippen LogP contribution is -2.02. The molecule has 0 aliphatic carbocycles. The van der Waals surface area contributed by atoms with E-state index < -0.39 is 0 Å². The van der Waals surface area contributed by atoms with Crippen molar-refractivity contribution in [3.05, 3.63) is 59.1 Å². The van der Waals surface area contributed by atoms with E-state index in [1.165, 1.54) is 12.1 Å². The second-order valence-electron chi connectivity index (χ2n) is 4.51. The number of hydrogen-bond acceptors (Lipinski definition) is 1. The second kappa shape index (κ2) is 5.08. The molecule has 20 heavy (non-hydrogen) atoms. The summed E-state index contributed by atoms with van der Waals surface area (Å²) in [5.74, 6) is 0.310. The molecule has 2 nitrogen and oxygen atoms in total. The first-order chi connectivity index (χ1) is 9.58. The van der Waals surface area contributed by atoms with E-state index in [1.54, 1.807) is 6.07 Å². The molecule has 0 amide bonds. The van der Waals surface area contributed by atoms with Crippen molar-refractivity contribution in [1.29, 1.82) is 0 Å². The Bertz CT molecular complexity index is 781. The van der Waals surface area contributed by atoms with Crippen LogP contribution in [-0.4, -0.2) is 9.55 Å². The van der Waals surface area contributed by atoms with E-state index in [1.807, 2.05) is 35.8 Å². The van der Waals surface area contributed by atoms with E-state index in [0.29, 0.717) is 16.5 Å². The standard InChI is InChI=1S/C15H11Cl2FN2/c1-9(16)15-19-12-4-2-3-5-14(12)20(15)13-7-6-10(18)8-11(13)17/h2-9H,1H3. The van der Waals surface area contributed by atoms with Crippen molar-refractivity contribution in [2.24, 2.45) is 0 Å². The topological polar surface area (TPSA) is 17.8 Å². The molecule has 0 saturated heterocycles. The lowest BCUT2D eigenvalue weighted by Gasteiger charge is -2.12. The zero-order valence-electron chi connectivity index (χ0n) is 10.6. The van der Waals surface area contributed by atoms with Gasteiger partial charge < -0.3 is 0 Å². The van der Waals surface area contributed by atoms with Crippen molar-refractivity contribution < 1.29 is 4.39 Å². The fourth-order valence-electron chi connectivity index (χ4n) is 2.23. The molecule has 3 aromatic rings. The van der Waals surface area contributed by atoms with Gasteiger partial charge in [-0.15, -0.1) is 11.6 Å². The summed E-state index contributed by atoms with van der Waals surface area (Å²) in [4.78, 5) is 4.53. The van der Waals surface area contributed by atoms with Crippen LogP contribution in [-0.2, 0) is 0 Å². The minimum atomic E-state index is -0.372. The van der Waals surface area contributed by atoms with Crippen LogP contribution in [0.25, 0.3) is 16.7 Å². The van der Waals surface area contributed by atoms with Crippen molar-refractivity contribution >= 4 is 34.2 Å². The highest BCUT2D eigenvalue weighted by atomic mass is 35.5. The Morgan fingerprint density at radius 2 is 1.95 bits per heavy atom. The number of para-hydroxylation sites is 2. The molecule has 1 unspecified atom stereocenters. The van der Waals surface area contributed by atoms with Gasteiger partial charge in [-0.05, 0) is 37.3 Å². The number of nitrogens with zero attached hydrogens (tertiary/aromatic N) is 2. The van der Waals surface area contributed by atoms with Crippen LogP contribution in [0.15, 0.2) is 42.5 Å². The lowest BCUT2D eigenvalue weighted by atomic mass is 10.2. The van der Waals surface area contributed by atoms with Gasteiger partial charge in [0.2, 0.25) is 0 Å². The molecule has 0 aliphatic heterocycles. The molecular formula is C15H11Cl2FN2. The summed E-state index contributed by atoms with van der Waals surface area (Å²) in [5.41, 5.74) is 2.39. The number of benzene rings is 2. The highest BCUT2D eigenvalue weighted by Gasteiger charge is 2.17. The van der Waals surface area contributed by atoms with Crippen LogP contribution in [0.4, 0.5) is 4.39 Å². The summed E-state index contributed by atoms with van der Waals surface area (Å²) < 4.78 is 15.1. The van der Waals surface area contributed by atoms with E-state index in [2.05, 4.69) is 4.98 Å². The van der Waals surface area contributed by atoms with Gasteiger partial charge >= 0.3 is 0 Å². The molecule has 0 radical (unpaired) electrons. The molecule has 3 rings (SSSR count). The molecule has 0 N–H and O–H groups in total. The van der Waals surface area contributed by atoms with Crippen LogP contribution in [0, 0.1) is 5.82 Å². The van der Waals surface area contributed by atoms with E-state index in [0.717, 1.165) is 11.0 Å². The molecule has 1 aromatic heterocycles. The Morgan fingerprint density at radius 3 is 2.65 bits per heavy atom. The summed E-state index contributed by atoms with van der Waals surface area (Å²) in [7, 11) is 0. The number of fused-ring (bicyclic) bond motifs is 1. The van der Waals surface area contributed by atoms with Crippen molar-refractivity contribution in [3.8, 4) is 5.69 Å². The van der Waals surface area contributed by atoms with Gasteiger partial charge in [0.1, 0.15) is 11.6 Å². The summed E-state index contributed by atoms with van der Waals surface area (Å²) in [5, 5.41) is 0.0373. The number of aromatic nitrogens is 2. The molecule has 5 heteroatoms. The number of halogens is 3. The Balaban J connectivity index is 2.36. The third-order valence-corrected chi connectivity index (χ3v) is 3.59. The Labute approximate surface area is 125 Å². The second-order valence-corrected chi connectivity index (χ2v) is 5.57. The maximum absolute atomic E-state index is 13.2. The first-order valence-corrected chi connectivity index (χ1v) is 6.96. The zero-order chi connectivity index (χ0) is 14.3. The molecule has 1 heterocycles. The van der Waals surface area contributed by atoms with Crippen molar-refractivity contribution in [3.63, 3.8) is 0 Å². The summed E-state index contributed by atoms with van der Waals surface area (Å²) in [6, 6.07) is 12.0. The highest BCUT2D eigenvalue weighted by molar-refractivity contribution is 6.32. The van der Waals surface area contributed by atoms with Gasteiger partial charge in [0.05, 0.1) is 27.1 Å². The molecular weight excluding hydrogens is 298 g/mol. The first-order valence-electron chi connectivity index (χ1n) is 6.15. The largest absolute Gasteiger partial charge is 0.294 e. The molecule has 0 fully saturated rings. The minimum absolute atomic E-state index is 0.288. The molecule has 0 spiro atoms. The number of hydrogen-bond donors (Lipinski definition) is 0. The number of rotatable bonds is 2. The van der Waals surface area contributed by atoms with E-state index in [4.69, 9.17) is 23.2 Å². The van der Waals surface area contributed by atoms with Crippen LogP contribution in [0.1, 0.15) is 18.1 Å². The van der Waals surface area contributed by atoms with E-state index in [-0.39, 0.29) is 11.2 Å². The quantitative estimate of drug-likeness (QED) is 0.601. The van der Waals surface area contributed by atoms with E-state index >= 15 is 0 Å². The molecule has 102 valence electrons. The number of alkyl halides is 1. The maximum Gasteiger partial charge on any atom is 0.132 e. The third-order valence-electron chi connectivity index (χ3n) is 3.09. The fourth-order valence-corrected chi connectivity index (χ4v) is 2.63. The van der Waals surface area contributed by atoms with Gasteiger partial charge in [-0.3, -0.25) is 4.57 Å².